The Hall–Kier alpha value is -2.62. The topological polar surface area (TPSA) is 106 Å². The molecule has 29 heavy (non-hydrogen) atoms. The average molecular weight is 426 g/mol. The van der Waals surface area contributed by atoms with Gasteiger partial charge in [-0.3, -0.25) is 0 Å². The smallest absolute Gasteiger partial charge is 0.407 e. The van der Waals surface area contributed by atoms with Gasteiger partial charge in [0, 0.05) is 41.9 Å². The lowest BCUT2D eigenvalue weighted by Gasteiger charge is -2.40. The Morgan fingerprint density at radius 2 is 2.00 bits per heavy atom. The summed E-state index contributed by atoms with van der Waals surface area (Å²) in [6, 6.07) is 6.96. The van der Waals surface area contributed by atoms with Gasteiger partial charge in [0.15, 0.2) is 0 Å². The van der Waals surface area contributed by atoms with Crippen molar-refractivity contribution in [2.24, 2.45) is 0 Å². The van der Waals surface area contributed by atoms with Crippen molar-refractivity contribution in [3.8, 4) is 5.88 Å². The number of amides is 1. The van der Waals surface area contributed by atoms with E-state index in [1.54, 1.807) is 23.1 Å². The third kappa shape index (κ3) is 4.87. The maximum Gasteiger partial charge on any atom is 0.407 e. The Bertz CT molecular complexity index is 885. The van der Waals surface area contributed by atoms with E-state index in [2.05, 4.69) is 4.98 Å². The van der Waals surface area contributed by atoms with Crippen LogP contribution in [0.4, 0.5) is 15.0 Å². The molecule has 0 spiro atoms. The standard InChI is InChI=1S/C19H21ClFN3O5/c20-14-3-1-13(16(21)7-14)11-29-17-4-2-12(9-25)18(22-17)24-6-5-23(19(27)28)8-15(24)10-26/h1-4,7,15,25-26H,5-6,8-11H2,(H,27,28)/t15-/m1/s1. The molecule has 8 nitrogen and oxygen atoms in total. The van der Waals surface area contributed by atoms with Gasteiger partial charge in [-0.25, -0.2) is 9.18 Å². The summed E-state index contributed by atoms with van der Waals surface area (Å²) in [6.45, 7) is 0.0128. The second-order valence-corrected chi connectivity index (χ2v) is 7.01. The highest BCUT2D eigenvalue weighted by Gasteiger charge is 2.31. The number of hydrogen-bond acceptors (Lipinski definition) is 6. The molecule has 0 bridgehead atoms. The summed E-state index contributed by atoms with van der Waals surface area (Å²) in [5.74, 6) is 0.115. The van der Waals surface area contributed by atoms with Gasteiger partial charge in [-0.05, 0) is 18.2 Å². The molecule has 1 atom stereocenters. The van der Waals surface area contributed by atoms with Crippen LogP contribution in [0.1, 0.15) is 11.1 Å². The first-order chi connectivity index (χ1) is 13.9. The number of carboxylic acid groups (broad SMARTS) is 1. The van der Waals surface area contributed by atoms with Crippen LogP contribution in [0.5, 0.6) is 5.88 Å². The normalized spacial score (nSPS) is 16.8. The van der Waals surface area contributed by atoms with E-state index in [1.807, 2.05) is 0 Å². The minimum atomic E-state index is -1.06. The van der Waals surface area contributed by atoms with Crippen molar-refractivity contribution in [3.05, 3.63) is 52.3 Å². The van der Waals surface area contributed by atoms with Crippen LogP contribution in [0.3, 0.4) is 0 Å². The maximum atomic E-state index is 13.9. The van der Waals surface area contributed by atoms with Crippen LogP contribution in [0.15, 0.2) is 30.3 Å². The summed E-state index contributed by atoms with van der Waals surface area (Å²) >= 11 is 5.75. The van der Waals surface area contributed by atoms with E-state index in [0.29, 0.717) is 23.5 Å². The highest BCUT2D eigenvalue weighted by atomic mass is 35.5. The number of hydrogen-bond donors (Lipinski definition) is 3. The molecule has 2 aromatic rings. The van der Waals surface area contributed by atoms with E-state index >= 15 is 0 Å². The molecule has 1 aliphatic rings. The minimum absolute atomic E-state index is 0.0653. The number of halogens is 2. The second-order valence-electron chi connectivity index (χ2n) is 6.57. The molecule has 1 aliphatic heterocycles. The van der Waals surface area contributed by atoms with Gasteiger partial charge >= 0.3 is 6.09 Å². The number of rotatable bonds is 6. The van der Waals surface area contributed by atoms with Gasteiger partial charge in [0.05, 0.1) is 19.3 Å². The van der Waals surface area contributed by atoms with Crippen LogP contribution in [-0.2, 0) is 13.2 Å². The van der Waals surface area contributed by atoms with Gasteiger partial charge in [0.1, 0.15) is 18.2 Å². The van der Waals surface area contributed by atoms with E-state index < -0.39 is 18.0 Å². The van der Waals surface area contributed by atoms with Gasteiger partial charge in [0.25, 0.3) is 0 Å². The second kappa shape index (κ2) is 9.25. The number of aliphatic hydroxyl groups excluding tert-OH is 2. The summed E-state index contributed by atoms with van der Waals surface area (Å²) < 4.78 is 19.5. The predicted molar refractivity (Wildman–Crippen MR) is 104 cm³/mol. The number of nitrogens with zero attached hydrogens (tertiary/aromatic N) is 3. The molecule has 10 heteroatoms. The molecule has 0 aliphatic carbocycles. The van der Waals surface area contributed by atoms with E-state index in [9.17, 15) is 24.5 Å². The zero-order valence-electron chi connectivity index (χ0n) is 15.5. The van der Waals surface area contributed by atoms with Crippen molar-refractivity contribution in [2.45, 2.75) is 19.3 Å². The van der Waals surface area contributed by atoms with Crippen molar-refractivity contribution in [2.75, 3.05) is 31.1 Å². The molecule has 1 aromatic carbocycles. The molecule has 0 unspecified atom stereocenters. The SMILES string of the molecule is O=C(O)N1CCN(c2nc(OCc3ccc(Cl)cc3F)ccc2CO)[C@@H](CO)C1. The minimum Gasteiger partial charge on any atom is -0.473 e. The van der Waals surface area contributed by atoms with Crippen LogP contribution in [-0.4, -0.2) is 63.6 Å². The number of piperazine rings is 1. The Labute approximate surface area is 171 Å². The Kier molecular flexibility index (Phi) is 6.73. The van der Waals surface area contributed by atoms with E-state index in [-0.39, 0.29) is 43.8 Å². The van der Waals surface area contributed by atoms with Gasteiger partial charge in [-0.15, -0.1) is 0 Å². The number of benzene rings is 1. The summed E-state index contributed by atoms with van der Waals surface area (Å²) in [7, 11) is 0. The number of pyridine rings is 1. The molecular formula is C19H21ClFN3O5. The molecule has 0 radical (unpaired) electrons. The van der Waals surface area contributed by atoms with E-state index in [0.717, 1.165) is 0 Å². The first kappa shape index (κ1) is 21.1. The zero-order valence-corrected chi connectivity index (χ0v) is 16.2. The summed E-state index contributed by atoms with van der Waals surface area (Å²) in [4.78, 5) is 18.6. The lowest BCUT2D eigenvalue weighted by Crippen LogP contribution is -2.56. The number of anilines is 1. The molecule has 0 saturated carbocycles. The Balaban J connectivity index is 1.80. The molecule has 3 N–H and O–H groups in total. The van der Waals surface area contributed by atoms with Crippen molar-refractivity contribution >= 4 is 23.5 Å². The number of aliphatic hydroxyl groups is 2. The van der Waals surface area contributed by atoms with Crippen LogP contribution in [0, 0.1) is 5.82 Å². The molecule has 156 valence electrons. The predicted octanol–water partition coefficient (Wildman–Crippen LogP) is 2.11. The van der Waals surface area contributed by atoms with Crippen molar-refractivity contribution in [3.63, 3.8) is 0 Å². The van der Waals surface area contributed by atoms with Crippen molar-refractivity contribution < 1.29 is 29.2 Å². The van der Waals surface area contributed by atoms with Gasteiger partial charge in [-0.2, -0.15) is 4.98 Å². The van der Waals surface area contributed by atoms with Crippen molar-refractivity contribution in [1.82, 2.24) is 9.88 Å². The first-order valence-corrected chi connectivity index (χ1v) is 9.33. The van der Waals surface area contributed by atoms with Gasteiger partial charge in [-0.1, -0.05) is 17.7 Å². The van der Waals surface area contributed by atoms with E-state index in [4.69, 9.17) is 16.3 Å². The van der Waals surface area contributed by atoms with Crippen LogP contribution in [0.25, 0.3) is 0 Å². The van der Waals surface area contributed by atoms with Crippen molar-refractivity contribution in [1.29, 1.82) is 0 Å². The molecule has 1 amide bonds. The maximum absolute atomic E-state index is 13.9. The molecule has 1 fully saturated rings. The monoisotopic (exact) mass is 425 g/mol. The number of ether oxygens (including phenoxy) is 1. The fourth-order valence-electron chi connectivity index (χ4n) is 3.17. The lowest BCUT2D eigenvalue weighted by molar-refractivity contribution is 0.124. The van der Waals surface area contributed by atoms with Crippen LogP contribution >= 0.6 is 11.6 Å². The average Bonchev–Trinajstić information content (AvgIpc) is 2.72. The fourth-order valence-corrected chi connectivity index (χ4v) is 3.33. The number of carbonyl (C=O) groups is 1. The summed E-state index contributed by atoms with van der Waals surface area (Å²) in [6.07, 6.45) is -1.06. The zero-order chi connectivity index (χ0) is 21.0. The third-order valence-corrected chi connectivity index (χ3v) is 4.96. The van der Waals surface area contributed by atoms with Crippen LogP contribution < -0.4 is 9.64 Å². The summed E-state index contributed by atoms with van der Waals surface area (Å²) in [5.41, 5.74) is 0.824. The molecule has 1 aromatic heterocycles. The Morgan fingerprint density at radius 1 is 1.24 bits per heavy atom. The fraction of sp³-hybridized carbons (Fsp3) is 0.368. The lowest BCUT2D eigenvalue weighted by atomic mass is 10.1. The molecule has 2 heterocycles. The molecular weight excluding hydrogens is 405 g/mol. The molecule has 3 rings (SSSR count). The number of aromatic nitrogens is 1. The van der Waals surface area contributed by atoms with Gasteiger partial charge in [0.2, 0.25) is 5.88 Å². The van der Waals surface area contributed by atoms with E-state index in [1.165, 1.54) is 17.0 Å². The van der Waals surface area contributed by atoms with Crippen LogP contribution in [0.2, 0.25) is 5.02 Å². The molecule has 1 saturated heterocycles. The largest absolute Gasteiger partial charge is 0.473 e. The van der Waals surface area contributed by atoms with Gasteiger partial charge < -0.3 is 29.9 Å². The highest BCUT2D eigenvalue weighted by Crippen LogP contribution is 2.27. The Morgan fingerprint density at radius 3 is 2.66 bits per heavy atom. The third-order valence-electron chi connectivity index (χ3n) is 4.73. The quantitative estimate of drug-likeness (QED) is 0.650. The first-order valence-electron chi connectivity index (χ1n) is 8.95. The summed E-state index contributed by atoms with van der Waals surface area (Å²) in [5, 5.41) is 28.9. The highest BCUT2D eigenvalue weighted by molar-refractivity contribution is 6.30.